The van der Waals surface area contributed by atoms with Crippen molar-refractivity contribution < 1.29 is 19.3 Å². The van der Waals surface area contributed by atoms with Crippen LogP contribution in [-0.4, -0.2) is 30.1 Å². The molecule has 0 aliphatic rings. The van der Waals surface area contributed by atoms with E-state index >= 15 is 0 Å². The highest BCUT2D eigenvalue weighted by molar-refractivity contribution is 9.10. The predicted octanol–water partition coefficient (Wildman–Crippen LogP) is 4.57. The predicted molar refractivity (Wildman–Crippen MR) is 88.4 cm³/mol. The minimum atomic E-state index is -0.595. The monoisotopic (exact) mass is 364 g/mol. The molecular weight excluding hydrogens is 336 g/mol. The second-order valence-corrected chi connectivity index (χ2v) is 7.71. The van der Waals surface area contributed by atoms with Gasteiger partial charge in [-0.15, -0.1) is 6.58 Å². The van der Waals surface area contributed by atoms with Crippen molar-refractivity contribution in [2.45, 2.75) is 63.6 Å². The van der Waals surface area contributed by atoms with Crippen molar-refractivity contribution >= 4 is 21.9 Å². The summed E-state index contributed by atoms with van der Waals surface area (Å²) in [4.78, 5) is 21.6. The van der Waals surface area contributed by atoms with Gasteiger partial charge in [-0.25, -0.2) is 9.78 Å². The second-order valence-electron chi connectivity index (χ2n) is 5.73. The Bertz CT molecular complexity index is 297. The van der Waals surface area contributed by atoms with E-state index in [9.17, 15) is 4.79 Å². The van der Waals surface area contributed by atoms with Gasteiger partial charge in [-0.2, -0.15) is 0 Å². The fourth-order valence-electron chi connectivity index (χ4n) is 1.50. The summed E-state index contributed by atoms with van der Waals surface area (Å²) in [7, 11) is 0. The van der Waals surface area contributed by atoms with Crippen molar-refractivity contribution in [3.63, 3.8) is 0 Å². The first-order valence-electron chi connectivity index (χ1n) is 7.59. The van der Waals surface area contributed by atoms with Crippen molar-refractivity contribution in [3.05, 3.63) is 12.2 Å². The Labute approximate surface area is 137 Å². The van der Waals surface area contributed by atoms with E-state index < -0.39 is 4.32 Å². The largest absolute Gasteiger partial charge is 0.465 e. The number of halogens is 1. The lowest BCUT2D eigenvalue weighted by molar-refractivity contribution is -0.295. The number of ether oxygens (including phenoxy) is 1. The van der Waals surface area contributed by atoms with Crippen LogP contribution in [0.3, 0.4) is 0 Å². The fourth-order valence-corrected chi connectivity index (χ4v) is 1.62. The van der Waals surface area contributed by atoms with Gasteiger partial charge in [0.25, 0.3) is 0 Å². The molecule has 21 heavy (non-hydrogen) atoms. The zero-order chi connectivity index (χ0) is 16.1. The van der Waals surface area contributed by atoms with Gasteiger partial charge in [0.15, 0.2) is 0 Å². The first kappa shape index (κ1) is 20.6. The maximum absolute atomic E-state index is 11.5. The van der Waals surface area contributed by atoms with E-state index in [1.165, 1.54) is 5.57 Å². The summed E-state index contributed by atoms with van der Waals surface area (Å²) in [5.74, 6) is -0.214. The molecule has 0 spiro atoms. The quantitative estimate of drug-likeness (QED) is 0.120. The van der Waals surface area contributed by atoms with Crippen molar-refractivity contribution in [1.82, 2.24) is 0 Å². The Hall–Kier alpha value is -0.390. The molecule has 0 fully saturated rings. The Morgan fingerprint density at radius 3 is 2.05 bits per heavy atom. The van der Waals surface area contributed by atoms with Crippen molar-refractivity contribution in [1.29, 1.82) is 0 Å². The number of alkyl halides is 1. The molecule has 0 aliphatic heterocycles. The van der Waals surface area contributed by atoms with E-state index in [1.807, 2.05) is 6.92 Å². The highest BCUT2D eigenvalue weighted by Crippen LogP contribution is 2.17. The third-order valence-electron chi connectivity index (χ3n) is 2.76. The molecule has 0 aliphatic carbocycles. The number of hydrogen-bond donors (Lipinski definition) is 0. The van der Waals surface area contributed by atoms with Crippen molar-refractivity contribution in [2.75, 3.05) is 19.8 Å². The normalized spacial score (nSPS) is 11.4. The number of carbonyl (C=O) groups excluding carboxylic acids is 1. The highest BCUT2D eigenvalue weighted by Gasteiger charge is 2.24. The van der Waals surface area contributed by atoms with Crippen molar-refractivity contribution in [2.24, 2.45) is 0 Å². The summed E-state index contributed by atoms with van der Waals surface area (Å²) in [5, 5.41) is 0. The van der Waals surface area contributed by atoms with Gasteiger partial charge < -0.3 is 4.74 Å². The van der Waals surface area contributed by atoms with Crippen LogP contribution in [0, 0.1) is 0 Å². The van der Waals surface area contributed by atoms with E-state index in [1.54, 1.807) is 13.8 Å². The smallest absolute Gasteiger partial charge is 0.322 e. The molecular formula is C16H29BrO4. The average Bonchev–Trinajstić information content (AvgIpc) is 2.38. The molecule has 0 aromatic rings. The van der Waals surface area contributed by atoms with E-state index in [4.69, 9.17) is 14.5 Å². The van der Waals surface area contributed by atoms with Crippen LogP contribution in [0.1, 0.15) is 59.3 Å². The van der Waals surface area contributed by atoms with Crippen molar-refractivity contribution in [3.8, 4) is 0 Å². The molecule has 0 atom stereocenters. The first-order chi connectivity index (χ1) is 9.84. The lowest BCUT2D eigenvalue weighted by Gasteiger charge is -2.14. The van der Waals surface area contributed by atoms with E-state index in [2.05, 4.69) is 22.5 Å². The molecule has 0 aromatic carbocycles. The highest BCUT2D eigenvalue weighted by atomic mass is 79.9. The van der Waals surface area contributed by atoms with Gasteiger partial charge >= 0.3 is 5.97 Å². The maximum atomic E-state index is 11.5. The molecule has 0 saturated heterocycles. The Kier molecular flexibility index (Phi) is 12.0. The lowest BCUT2D eigenvalue weighted by Crippen LogP contribution is -2.26. The van der Waals surface area contributed by atoms with Gasteiger partial charge in [-0.3, -0.25) is 4.79 Å². The Morgan fingerprint density at radius 1 is 1.00 bits per heavy atom. The standard InChI is InChI=1S/C16H29BrO4/c1-14(2)10-9-13-21-20-12-8-6-5-7-11-19-15(18)16(3,4)17/h1,5-13H2,2-4H3. The number of allylic oxidation sites excluding steroid dienone is 1. The van der Waals surface area contributed by atoms with Gasteiger partial charge in [-0.05, 0) is 52.9 Å². The molecule has 0 heterocycles. The van der Waals surface area contributed by atoms with E-state index in [-0.39, 0.29) is 5.97 Å². The molecule has 5 heteroatoms. The Balaban J connectivity index is 3.20. The minimum absolute atomic E-state index is 0.214. The molecule has 0 saturated carbocycles. The van der Waals surface area contributed by atoms with Crippen LogP contribution in [0.25, 0.3) is 0 Å². The molecule has 4 nitrogen and oxygen atoms in total. The third kappa shape index (κ3) is 14.3. The summed E-state index contributed by atoms with van der Waals surface area (Å²) in [6.45, 7) is 11.1. The molecule has 0 amide bonds. The SMILES string of the molecule is C=C(C)CCCOOCCCCCCOC(=O)C(C)(C)Br. The fraction of sp³-hybridized carbons (Fsp3) is 0.812. The maximum Gasteiger partial charge on any atom is 0.322 e. The van der Waals surface area contributed by atoms with Crippen LogP contribution in [0.4, 0.5) is 0 Å². The van der Waals surface area contributed by atoms with Gasteiger partial charge in [-0.1, -0.05) is 27.9 Å². The molecule has 0 unspecified atom stereocenters. The molecule has 124 valence electrons. The van der Waals surface area contributed by atoms with Crippen LogP contribution in [0.2, 0.25) is 0 Å². The average molecular weight is 365 g/mol. The number of rotatable bonds is 13. The number of unbranched alkanes of at least 4 members (excludes halogenated alkanes) is 3. The van der Waals surface area contributed by atoms with Crippen LogP contribution < -0.4 is 0 Å². The molecule has 0 N–H and O–H groups in total. The summed E-state index contributed by atoms with van der Waals surface area (Å²) in [5.41, 5.74) is 1.17. The Morgan fingerprint density at radius 2 is 1.52 bits per heavy atom. The van der Waals surface area contributed by atoms with Gasteiger partial charge in [0.1, 0.15) is 4.32 Å². The van der Waals surface area contributed by atoms with Crippen LogP contribution in [0.5, 0.6) is 0 Å². The third-order valence-corrected chi connectivity index (χ3v) is 3.08. The van der Waals surface area contributed by atoms with Crippen LogP contribution in [0.15, 0.2) is 12.2 Å². The number of carbonyl (C=O) groups is 1. The van der Waals surface area contributed by atoms with E-state index in [0.717, 1.165) is 38.5 Å². The van der Waals surface area contributed by atoms with Crippen LogP contribution in [-0.2, 0) is 19.3 Å². The summed E-state index contributed by atoms with van der Waals surface area (Å²) < 4.78 is 4.55. The molecule has 0 bridgehead atoms. The zero-order valence-corrected chi connectivity index (χ0v) is 15.2. The van der Waals surface area contributed by atoms with Gasteiger partial charge in [0.2, 0.25) is 0 Å². The molecule has 0 aromatic heterocycles. The summed E-state index contributed by atoms with van der Waals surface area (Å²) >= 11 is 3.27. The summed E-state index contributed by atoms with van der Waals surface area (Å²) in [6, 6.07) is 0. The second kappa shape index (κ2) is 12.2. The zero-order valence-electron chi connectivity index (χ0n) is 13.6. The van der Waals surface area contributed by atoms with Gasteiger partial charge in [0, 0.05) is 0 Å². The lowest BCUT2D eigenvalue weighted by atomic mass is 10.2. The number of hydrogen-bond acceptors (Lipinski definition) is 4. The molecule has 0 radical (unpaired) electrons. The number of esters is 1. The topological polar surface area (TPSA) is 44.8 Å². The first-order valence-corrected chi connectivity index (χ1v) is 8.38. The van der Waals surface area contributed by atoms with E-state index in [0.29, 0.717) is 19.8 Å². The molecule has 0 rings (SSSR count). The minimum Gasteiger partial charge on any atom is -0.465 e. The summed E-state index contributed by atoms with van der Waals surface area (Å²) in [6.07, 6.45) is 5.84. The van der Waals surface area contributed by atoms with Crippen LogP contribution >= 0.6 is 15.9 Å². The van der Waals surface area contributed by atoms with Gasteiger partial charge in [0.05, 0.1) is 19.8 Å².